The number of rotatable bonds is 10. The van der Waals surface area contributed by atoms with Gasteiger partial charge in [0.05, 0.1) is 23.9 Å². The summed E-state index contributed by atoms with van der Waals surface area (Å²) in [5.74, 6) is -2.23. The van der Waals surface area contributed by atoms with Gasteiger partial charge in [-0.15, -0.1) is 0 Å². The molecule has 40 heavy (non-hydrogen) atoms. The van der Waals surface area contributed by atoms with Gasteiger partial charge in [0.25, 0.3) is 0 Å². The van der Waals surface area contributed by atoms with Crippen LogP contribution in [0.25, 0.3) is 0 Å². The summed E-state index contributed by atoms with van der Waals surface area (Å²) in [6.07, 6.45) is 1.16. The summed E-state index contributed by atoms with van der Waals surface area (Å²) >= 11 is 6.36. The fourth-order valence-corrected chi connectivity index (χ4v) is 4.96. The van der Waals surface area contributed by atoms with Gasteiger partial charge in [-0.3, -0.25) is 19.5 Å². The van der Waals surface area contributed by atoms with Crippen molar-refractivity contribution in [1.29, 1.82) is 0 Å². The average Bonchev–Trinajstić information content (AvgIpc) is 3.37. The van der Waals surface area contributed by atoms with Gasteiger partial charge >= 0.3 is 23.0 Å². The van der Waals surface area contributed by atoms with Crippen LogP contribution >= 0.6 is 11.6 Å². The molecule has 1 aliphatic heterocycles. The zero-order chi connectivity index (χ0) is 27.9. The summed E-state index contributed by atoms with van der Waals surface area (Å²) < 4.78 is 0. The van der Waals surface area contributed by atoms with Gasteiger partial charge in [-0.25, -0.2) is 4.79 Å². The number of nitrogens with one attached hydrogen (secondary N) is 1. The molecule has 1 unspecified atom stereocenters. The standard InChI is InChI=1S/C30H31ClN4O4.Cu/c1-19-8-5-6-11-21(19)18-35-15-7-12-26(35)29(37)34-24-14-13-22(31)16-23(24)28(20-9-3-2-4-10-20)33-25(30(38)39)17-27(32)36;/h2-6,8-11,13-14,16,25-26H,7,12,15,17-18H2,1H3,(H2,32,36)(H,34,37)(H,38,39);/q;+2/t25-,26?;/m1./s1. The van der Waals surface area contributed by atoms with E-state index in [2.05, 4.69) is 34.3 Å². The number of aryl methyl sites for hydroxylation is 1. The van der Waals surface area contributed by atoms with Crippen molar-refractivity contribution in [3.05, 3.63) is 100 Å². The van der Waals surface area contributed by atoms with E-state index in [-0.39, 0.29) is 34.7 Å². The Kier molecular flexibility index (Phi) is 11.0. The molecule has 0 spiro atoms. The zero-order valence-electron chi connectivity index (χ0n) is 21.9. The largest absolute Gasteiger partial charge is 2.00 e. The molecule has 0 bridgehead atoms. The van der Waals surface area contributed by atoms with Gasteiger partial charge in [-0.1, -0.05) is 66.2 Å². The first-order valence-electron chi connectivity index (χ1n) is 12.8. The fourth-order valence-electron chi connectivity index (χ4n) is 4.79. The van der Waals surface area contributed by atoms with Gasteiger partial charge in [-0.2, -0.15) is 0 Å². The Balaban J connectivity index is 0.00000441. The van der Waals surface area contributed by atoms with Gasteiger partial charge in [0.1, 0.15) is 0 Å². The number of hydrogen-bond acceptors (Lipinski definition) is 5. The van der Waals surface area contributed by atoms with Gasteiger partial charge in [-0.05, 0) is 55.6 Å². The quantitative estimate of drug-likeness (QED) is 0.232. The number of aliphatic imine (C=N–C) groups is 1. The molecule has 0 aliphatic carbocycles. The van der Waals surface area contributed by atoms with E-state index in [4.69, 9.17) is 17.3 Å². The zero-order valence-corrected chi connectivity index (χ0v) is 23.6. The number of anilines is 1. The molecule has 211 valence electrons. The van der Waals surface area contributed by atoms with Crippen molar-refractivity contribution in [2.45, 2.75) is 44.8 Å². The third-order valence-electron chi connectivity index (χ3n) is 6.81. The van der Waals surface area contributed by atoms with Crippen LogP contribution < -0.4 is 11.1 Å². The first-order chi connectivity index (χ1) is 18.7. The van der Waals surface area contributed by atoms with Crippen LogP contribution in [0.15, 0.2) is 77.8 Å². The third-order valence-corrected chi connectivity index (χ3v) is 7.04. The molecule has 3 aromatic rings. The van der Waals surface area contributed by atoms with Crippen LogP contribution in [-0.4, -0.2) is 52.1 Å². The first-order valence-corrected chi connectivity index (χ1v) is 13.1. The predicted molar refractivity (Wildman–Crippen MR) is 152 cm³/mol. The third kappa shape index (κ3) is 7.79. The molecule has 1 saturated heterocycles. The van der Waals surface area contributed by atoms with Crippen LogP contribution in [0, 0.1) is 6.92 Å². The number of nitrogens with two attached hydrogens (primary N) is 1. The van der Waals surface area contributed by atoms with Crippen LogP contribution in [0.3, 0.4) is 0 Å². The number of carboxylic acids is 1. The number of amides is 2. The minimum atomic E-state index is -1.40. The maximum absolute atomic E-state index is 13.6. The van der Waals surface area contributed by atoms with Crippen molar-refractivity contribution < 1.29 is 36.6 Å². The van der Waals surface area contributed by atoms with Gasteiger partial charge in [0, 0.05) is 22.7 Å². The van der Waals surface area contributed by atoms with E-state index in [1.807, 2.05) is 18.2 Å². The van der Waals surface area contributed by atoms with E-state index >= 15 is 0 Å². The smallest absolute Gasteiger partial charge is 0.480 e. The molecule has 1 heterocycles. The molecule has 0 saturated carbocycles. The first kappa shape index (κ1) is 31.0. The van der Waals surface area contributed by atoms with Crippen LogP contribution in [0.2, 0.25) is 5.02 Å². The number of carbonyl (C=O) groups excluding carboxylic acids is 2. The summed E-state index contributed by atoms with van der Waals surface area (Å²) in [4.78, 5) is 43.7. The second-order valence-electron chi connectivity index (χ2n) is 9.60. The fraction of sp³-hybridized carbons (Fsp3) is 0.267. The monoisotopic (exact) mass is 609 g/mol. The number of nitrogens with zero attached hydrogens (tertiary/aromatic N) is 2. The number of aliphatic carboxylic acids is 1. The Hall–Kier alpha value is -3.49. The summed E-state index contributed by atoms with van der Waals surface area (Å²) in [7, 11) is 0. The molecule has 0 aromatic heterocycles. The molecule has 3 aromatic carbocycles. The van der Waals surface area contributed by atoms with Crippen LogP contribution in [-0.2, 0) is 38.0 Å². The number of carboxylic acid groups (broad SMARTS) is 1. The Morgan fingerprint density at radius 3 is 2.48 bits per heavy atom. The number of hydrogen-bond donors (Lipinski definition) is 3. The number of benzene rings is 3. The topological polar surface area (TPSA) is 125 Å². The van der Waals surface area contributed by atoms with E-state index in [0.717, 1.165) is 19.4 Å². The average molecular weight is 611 g/mol. The molecular formula is C30H31ClCuN4O4+2. The molecule has 2 atom stereocenters. The minimum Gasteiger partial charge on any atom is -0.480 e. The van der Waals surface area contributed by atoms with Crippen LogP contribution in [0.5, 0.6) is 0 Å². The molecule has 4 rings (SSSR count). The summed E-state index contributed by atoms with van der Waals surface area (Å²) in [6.45, 7) is 3.54. The summed E-state index contributed by atoms with van der Waals surface area (Å²) in [5, 5.41) is 13.2. The van der Waals surface area contributed by atoms with E-state index < -0.39 is 24.3 Å². The molecule has 2 amide bonds. The SMILES string of the molecule is Cc1ccccc1CN1CCCC1C(=O)Nc1ccc(Cl)cc1C(=N[C@H](CC(N)=O)C(=O)O)c1ccccc1.[Cu+2]. The molecule has 8 nitrogen and oxygen atoms in total. The van der Waals surface area contributed by atoms with E-state index in [1.165, 1.54) is 11.1 Å². The van der Waals surface area contributed by atoms with Gasteiger partial charge in [0.15, 0.2) is 6.04 Å². The number of likely N-dealkylation sites (tertiary alicyclic amines) is 1. The van der Waals surface area contributed by atoms with Crippen LogP contribution in [0.4, 0.5) is 5.69 Å². The van der Waals surface area contributed by atoms with Crippen molar-refractivity contribution in [2.75, 3.05) is 11.9 Å². The Bertz CT molecular complexity index is 1400. The molecule has 1 radical (unpaired) electrons. The van der Waals surface area contributed by atoms with Gasteiger partial charge in [0.2, 0.25) is 11.8 Å². The number of halogens is 1. The Labute approximate surface area is 249 Å². The van der Waals surface area contributed by atoms with Gasteiger partial charge < -0.3 is 16.2 Å². The molecule has 1 fully saturated rings. The van der Waals surface area contributed by atoms with Crippen molar-refractivity contribution in [2.24, 2.45) is 10.7 Å². The Morgan fingerprint density at radius 2 is 1.80 bits per heavy atom. The molecule has 4 N–H and O–H groups in total. The Morgan fingerprint density at radius 1 is 1.10 bits per heavy atom. The van der Waals surface area contributed by atoms with E-state index in [9.17, 15) is 19.5 Å². The molecule has 1 aliphatic rings. The van der Waals surface area contributed by atoms with Crippen molar-refractivity contribution in [1.82, 2.24) is 4.90 Å². The summed E-state index contributed by atoms with van der Waals surface area (Å²) in [5.41, 5.74) is 9.43. The maximum atomic E-state index is 13.6. The maximum Gasteiger partial charge on any atom is 2.00 e. The second kappa shape index (κ2) is 14.2. The normalized spacial score (nSPS) is 16.1. The minimum absolute atomic E-state index is 0. The number of carbonyl (C=O) groups is 3. The van der Waals surface area contributed by atoms with Crippen molar-refractivity contribution in [3.8, 4) is 0 Å². The van der Waals surface area contributed by atoms with Crippen molar-refractivity contribution >= 4 is 40.8 Å². The predicted octanol–water partition coefficient (Wildman–Crippen LogP) is 4.42. The van der Waals surface area contributed by atoms with Crippen LogP contribution in [0.1, 0.15) is 41.5 Å². The second-order valence-corrected chi connectivity index (χ2v) is 10.0. The number of primary amides is 1. The van der Waals surface area contributed by atoms with E-state index in [0.29, 0.717) is 28.4 Å². The molecule has 10 heteroatoms. The van der Waals surface area contributed by atoms with E-state index in [1.54, 1.807) is 42.5 Å². The summed E-state index contributed by atoms with van der Waals surface area (Å²) in [6, 6.07) is 20.3. The molecular weight excluding hydrogens is 579 g/mol. The van der Waals surface area contributed by atoms with Crippen molar-refractivity contribution in [3.63, 3.8) is 0 Å².